The Kier molecular flexibility index (Phi) is 4.38. The largest absolute Gasteiger partial charge is 0.461 e. The smallest absolute Gasteiger partial charge is 0.331 e. The molecule has 0 saturated heterocycles. The molecule has 0 spiro atoms. The third kappa shape index (κ3) is 3.04. The van der Waals surface area contributed by atoms with Gasteiger partial charge in [-0.1, -0.05) is 30.3 Å². The fraction of sp³-hybridized carbons (Fsp3) is 0.389. The first-order valence-corrected chi connectivity index (χ1v) is 7.96. The van der Waals surface area contributed by atoms with Gasteiger partial charge in [0.15, 0.2) is 0 Å². The lowest BCUT2D eigenvalue weighted by atomic mass is 9.91. The molecule has 0 amide bonds. The highest BCUT2D eigenvalue weighted by Crippen LogP contribution is 2.40. The first kappa shape index (κ1) is 16.2. The van der Waals surface area contributed by atoms with Gasteiger partial charge in [-0.2, -0.15) is 0 Å². The average molecular weight is 328 g/mol. The molecule has 1 aliphatic carbocycles. The highest BCUT2D eigenvalue weighted by Gasteiger charge is 2.42. The maximum absolute atomic E-state index is 11.5. The van der Waals surface area contributed by atoms with E-state index in [1.807, 2.05) is 37.4 Å². The van der Waals surface area contributed by atoms with Gasteiger partial charge in [-0.3, -0.25) is 4.79 Å². The van der Waals surface area contributed by atoms with E-state index in [2.05, 4.69) is 10.1 Å². The minimum absolute atomic E-state index is 0.0453. The number of hydrogen-bond acceptors (Lipinski definition) is 5. The quantitative estimate of drug-likeness (QED) is 0.533. The molecule has 1 fully saturated rings. The molecular formula is C18H20N2O4. The van der Waals surface area contributed by atoms with E-state index in [0.29, 0.717) is 6.42 Å². The van der Waals surface area contributed by atoms with Crippen LogP contribution in [0.1, 0.15) is 38.7 Å². The van der Waals surface area contributed by atoms with Gasteiger partial charge in [0.2, 0.25) is 0 Å². The summed E-state index contributed by atoms with van der Waals surface area (Å²) in [7, 11) is 0. The van der Waals surface area contributed by atoms with Crippen molar-refractivity contribution in [1.29, 1.82) is 0 Å². The normalized spacial score (nSPS) is 25.1. The Bertz CT molecular complexity index is 808. The van der Waals surface area contributed by atoms with Crippen LogP contribution in [0.3, 0.4) is 0 Å². The molecule has 24 heavy (non-hydrogen) atoms. The van der Waals surface area contributed by atoms with E-state index in [0.717, 1.165) is 22.2 Å². The molecule has 2 aromatic rings. The average Bonchev–Trinajstić information content (AvgIpc) is 3.08. The van der Waals surface area contributed by atoms with E-state index >= 15 is 0 Å². The first-order valence-electron chi connectivity index (χ1n) is 7.96. The summed E-state index contributed by atoms with van der Waals surface area (Å²) in [5.74, 6) is -0.999. The number of ether oxygens (including phenoxy) is 1. The van der Waals surface area contributed by atoms with Gasteiger partial charge in [0.1, 0.15) is 6.10 Å². The van der Waals surface area contributed by atoms with Gasteiger partial charge in [-0.25, -0.2) is 4.79 Å². The minimum atomic E-state index is -0.470. The fourth-order valence-electron chi connectivity index (χ4n) is 3.42. The van der Waals surface area contributed by atoms with Crippen LogP contribution < -0.4 is 0 Å². The van der Waals surface area contributed by atoms with Crippen LogP contribution in [0.5, 0.6) is 0 Å². The molecular weight excluding hydrogens is 308 g/mol. The Labute approximate surface area is 139 Å². The summed E-state index contributed by atoms with van der Waals surface area (Å²) in [6, 6.07) is 7.95. The molecule has 0 aliphatic heterocycles. The van der Waals surface area contributed by atoms with Crippen molar-refractivity contribution in [1.82, 2.24) is 4.98 Å². The van der Waals surface area contributed by atoms with Crippen molar-refractivity contribution in [3.05, 3.63) is 36.0 Å². The van der Waals surface area contributed by atoms with E-state index in [4.69, 9.17) is 9.57 Å². The third-order valence-electron chi connectivity index (χ3n) is 4.33. The number of H-pyrrole nitrogens is 1. The lowest BCUT2D eigenvalue weighted by Crippen LogP contribution is -2.23. The second kappa shape index (κ2) is 6.47. The van der Waals surface area contributed by atoms with Crippen LogP contribution in [-0.4, -0.2) is 28.7 Å². The van der Waals surface area contributed by atoms with Gasteiger partial charge in [0.05, 0.1) is 11.6 Å². The molecule has 3 rings (SSSR count). The van der Waals surface area contributed by atoms with E-state index < -0.39 is 5.97 Å². The van der Waals surface area contributed by atoms with Gasteiger partial charge in [0.25, 0.3) is 0 Å². The Balaban J connectivity index is 2.09. The Morgan fingerprint density at radius 2 is 2.00 bits per heavy atom. The number of esters is 1. The van der Waals surface area contributed by atoms with Crippen molar-refractivity contribution in [2.45, 2.75) is 39.2 Å². The van der Waals surface area contributed by atoms with E-state index in [9.17, 15) is 9.59 Å². The summed E-state index contributed by atoms with van der Waals surface area (Å²) in [6.07, 6.45) is 2.18. The predicted molar refractivity (Wildman–Crippen MR) is 89.6 cm³/mol. The van der Waals surface area contributed by atoms with Crippen molar-refractivity contribution >= 4 is 28.6 Å². The summed E-state index contributed by atoms with van der Waals surface area (Å²) >= 11 is 0. The number of carbonyl (C=O) groups excluding carboxylic acids is 2. The molecule has 3 unspecified atom stereocenters. The molecule has 6 heteroatoms. The van der Waals surface area contributed by atoms with Crippen LogP contribution >= 0.6 is 0 Å². The van der Waals surface area contributed by atoms with Gasteiger partial charge in [-0.05, 0) is 23.4 Å². The molecule has 1 N–H and O–H groups in total. The summed E-state index contributed by atoms with van der Waals surface area (Å²) < 4.78 is 5.54. The molecule has 6 nitrogen and oxygen atoms in total. The maximum Gasteiger partial charge on any atom is 0.331 e. The summed E-state index contributed by atoms with van der Waals surface area (Å²) in [6.45, 7) is 4.71. The number of fused-ring (bicyclic) bond motifs is 1. The van der Waals surface area contributed by atoms with Gasteiger partial charge >= 0.3 is 11.9 Å². The predicted octanol–water partition coefficient (Wildman–Crippen LogP) is 3.14. The van der Waals surface area contributed by atoms with E-state index in [1.54, 1.807) is 0 Å². The van der Waals surface area contributed by atoms with Crippen LogP contribution in [0, 0.1) is 5.92 Å². The number of oxime groups is 1. The fourth-order valence-corrected chi connectivity index (χ4v) is 3.42. The third-order valence-corrected chi connectivity index (χ3v) is 4.33. The van der Waals surface area contributed by atoms with Crippen molar-refractivity contribution in [3.8, 4) is 0 Å². The van der Waals surface area contributed by atoms with Crippen LogP contribution in [0.15, 0.2) is 35.6 Å². The molecule has 0 radical (unpaired) electrons. The number of nitrogens with one attached hydrogen (secondary N) is 1. The number of nitrogens with zero attached hydrogens (tertiary/aromatic N) is 1. The molecule has 1 aromatic carbocycles. The minimum Gasteiger partial charge on any atom is -0.461 e. The van der Waals surface area contributed by atoms with Crippen molar-refractivity contribution in [2.24, 2.45) is 11.1 Å². The lowest BCUT2D eigenvalue weighted by Gasteiger charge is -2.20. The lowest BCUT2D eigenvalue weighted by molar-refractivity contribution is -0.146. The number of para-hydroxylation sites is 1. The molecule has 1 saturated carbocycles. The molecule has 1 aliphatic rings. The SMILES string of the molecule is CC(=O)ON=C1C(C)CC(OC(C)=O)C1c1cccc2cc[nH]c12. The molecule has 0 bridgehead atoms. The van der Waals surface area contributed by atoms with Crippen molar-refractivity contribution < 1.29 is 19.2 Å². The molecule has 1 aromatic heterocycles. The monoisotopic (exact) mass is 328 g/mol. The highest BCUT2D eigenvalue weighted by atomic mass is 16.7. The van der Waals surface area contributed by atoms with Crippen molar-refractivity contribution in [3.63, 3.8) is 0 Å². The highest BCUT2D eigenvalue weighted by molar-refractivity contribution is 5.99. The zero-order valence-electron chi connectivity index (χ0n) is 13.9. The number of benzene rings is 1. The van der Waals surface area contributed by atoms with Crippen LogP contribution in [0.4, 0.5) is 0 Å². The van der Waals surface area contributed by atoms with E-state index in [1.165, 1.54) is 13.8 Å². The maximum atomic E-state index is 11.5. The Morgan fingerprint density at radius 3 is 2.71 bits per heavy atom. The summed E-state index contributed by atoms with van der Waals surface area (Å²) in [5.41, 5.74) is 2.68. The molecule has 1 heterocycles. The second-order valence-electron chi connectivity index (χ2n) is 6.15. The summed E-state index contributed by atoms with van der Waals surface area (Å²) in [4.78, 5) is 30.8. The van der Waals surface area contributed by atoms with Gasteiger partial charge in [0, 0.05) is 31.5 Å². The van der Waals surface area contributed by atoms with Crippen LogP contribution in [0.2, 0.25) is 0 Å². The van der Waals surface area contributed by atoms with Crippen LogP contribution in [0.25, 0.3) is 10.9 Å². The number of aromatic nitrogens is 1. The zero-order valence-corrected chi connectivity index (χ0v) is 13.9. The number of aromatic amines is 1. The second-order valence-corrected chi connectivity index (χ2v) is 6.15. The van der Waals surface area contributed by atoms with Crippen LogP contribution in [-0.2, 0) is 19.2 Å². The first-order chi connectivity index (χ1) is 11.5. The number of rotatable bonds is 3. The Morgan fingerprint density at radius 1 is 1.21 bits per heavy atom. The number of carbonyl (C=O) groups is 2. The molecule has 126 valence electrons. The Hall–Kier alpha value is -2.63. The van der Waals surface area contributed by atoms with E-state index in [-0.39, 0.29) is 23.9 Å². The standard InChI is InChI=1S/C18H20N2O4/c1-10-9-15(23-11(2)21)16(17(10)20-24-12(3)22)14-6-4-5-13-7-8-19-18(13)14/h4-8,10,15-16,19H,9H2,1-3H3. The molecule has 3 atom stereocenters. The van der Waals surface area contributed by atoms with Crippen molar-refractivity contribution in [2.75, 3.05) is 0 Å². The number of hydrogen-bond donors (Lipinski definition) is 1. The van der Waals surface area contributed by atoms with Gasteiger partial charge < -0.3 is 14.6 Å². The van der Waals surface area contributed by atoms with Gasteiger partial charge in [-0.15, -0.1) is 0 Å². The summed E-state index contributed by atoms with van der Waals surface area (Å²) in [5, 5.41) is 5.14. The topological polar surface area (TPSA) is 80.8 Å². The zero-order chi connectivity index (χ0) is 17.3.